The van der Waals surface area contributed by atoms with E-state index in [1.54, 1.807) is 24.3 Å². The minimum absolute atomic E-state index is 0.0608. The molecule has 0 aliphatic carbocycles. The van der Waals surface area contributed by atoms with Gasteiger partial charge in [0.15, 0.2) is 0 Å². The maximum absolute atomic E-state index is 12.9. The zero-order valence-electron chi connectivity index (χ0n) is 16.4. The van der Waals surface area contributed by atoms with E-state index in [9.17, 15) is 13.2 Å². The Bertz CT molecular complexity index is 926. The maximum Gasteiger partial charge on any atom is 0.253 e. The van der Waals surface area contributed by atoms with Gasteiger partial charge in [-0.2, -0.15) is 0 Å². The zero-order valence-corrected chi connectivity index (χ0v) is 17.2. The van der Waals surface area contributed by atoms with Crippen molar-refractivity contribution in [3.05, 3.63) is 65.2 Å². The van der Waals surface area contributed by atoms with Gasteiger partial charge in [-0.05, 0) is 37.1 Å². The first-order valence-corrected chi connectivity index (χ1v) is 11.3. The second-order valence-corrected chi connectivity index (χ2v) is 9.11. The van der Waals surface area contributed by atoms with Gasteiger partial charge in [0.2, 0.25) is 10.0 Å². The molecule has 0 saturated carbocycles. The molecular weight excluding hydrogens is 374 g/mol. The maximum atomic E-state index is 12.9. The number of carbonyl (C=O) groups is 1. The number of anilines is 1. The van der Waals surface area contributed by atoms with E-state index in [1.807, 2.05) is 4.90 Å². The van der Waals surface area contributed by atoms with E-state index in [1.165, 1.54) is 11.1 Å². The van der Waals surface area contributed by atoms with Crippen LogP contribution in [0.1, 0.15) is 27.9 Å². The van der Waals surface area contributed by atoms with Gasteiger partial charge in [-0.25, -0.2) is 8.42 Å². The smallest absolute Gasteiger partial charge is 0.253 e. The predicted molar refractivity (Wildman–Crippen MR) is 112 cm³/mol. The summed E-state index contributed by atoms with van der Waals surface area (Å²) < 4.78 is 25.3. The van der Waals surface area contributed by atoms with Crippen LogP contribution in [0.3, 0.4) is 0 Å². The van der Waals surface area contributed by atoms with Gasteiger partial charge in [0.25, 0.3) is 5.91 Å². The van der Waals surface area contributed by atoms with E-state index in [4.69, 9.17) is 0 Å². The van der Waals surface area contributed by atoms with E-state index < -0.39 is 10.0 Å². The SMILES string of the molecule is Cc1ccc(CN2CCCN(C(=O)c3cccc(NS(C)(=O)=O)c3)CC2)cc1. The lowest BCUT2D eigenvalue weighted by Gasteiger charge is -2.22. The summed E-state index contributed by atoms with van der Waals surface area (Å²) in [5, 5.41) is 0. The number of nitrogens with zero attached hydrogens (tertiary/aromatic N) is 2. The van der Waals surface area contributed by atoms with Crippen molar-refractivity contribution in [1.82, 2.24) is 9.80 Å². The fourth-order valence-electron chi connectivity index (χ4n) is 3.40. The second kappa shape index (κ2) is 8.75. The van der Waals surface area contributed by atoms with Crippen molar-refractivity contribution in [2.45, 2.75) is 19.9 Å². The topological polar surface area (TPSA) is 69.7 Å². The summed E-state index contributed by atoms with van der Waals surface area (Å²) in [7, 11) is -3.37. The molecular formula is C21H27N3O3S. The molecule has 1 heterocycles. The van der Waals surface area contributed by atoms with Crippen molar-refractivity contribution in [3.8, 4) is 0 Å². The molecule has 0 radical (unpaired) electrons. The molecule has 2 aromatic carbocycles. The molecule has 0 aromatic heterocycles. The average Bonchev–Trinajstić information content (AvgIpc) is 2.87. The first-order chi connectivity index (χ1) is 13.3. The summed E-state index contributed by atoms with van der Waals surface area (Å²) in [5.74, 6) is -0.0608. The summed E-state index contributed by atoms with van der Waals surface area (Å²) in [6.07, 6.45) is 2.01. The highest BCUT2D eigenvalue weighted by Gasteiger charge is 2.20. The van der Waals surface area contributed by atoms with Crippen molar-refractivity contribution in [2.24, 2.45) is 0 Å². The Morgan fingerprint density at radius 3 is 2.50 bits per heavy atom. The molecule has 3 rings (SSSR count). The molecule has 0 unspecified atom stereocenters. The van der Waals surface area contributed by atoms with Crippen LogP contribution in [0.2, 0.25) is 0 Å². The first-order valence-electron chi connectivity index (χ1n) is 9.45. The number of hydrogen-bond donors (Lipinski definition) is 1. The van der Waals surface area contributed by atoms with Gasteiger partial charge in [0.05, 0.1) is 6.26 Å². The lowest BCUT2D eigenvalue weighted by Crippen LogP contribution is -2.35. The van der Waals surface area contributed by atoms with Crippen LogP contribution in [0.5, 0.6) is 0 Å². The van der Waals surface area contributed by atoms with Crippen LogP contribution in [-0.4, -0.2) is 56.6 Å². The van der Waals surface area contributed by atoms with Crippen LogP contribution >= 0.6 is 0 Å². The minimum atomic E-state index is -3.37. The largest absolute Gasteiger partial charge is 0.337 e. The third kappa shape index (κ3) is 5.81. The molecule has 150 valence electrons. The molecule has 2 aromatic rings. The summed E-state index contributed by atoms with van der Waals surface area (Å²) in [4.78, 5) is 17.1. The lowest BCUT2D eigenvalue weighted by atomic mass is 10.1. The van der Waals surface area contributed by atoms with Gasteiger partial charge in [0, 0.05) is 44.0 Å². The van der Waals surface area contributed by atoms with Crippen molar-refractivity contribution in [2.75, 3.05) is 37.2 Å². The van der Waals surface area contributed by atoms with Crippen molar-refractivity contribution in [3.63, 3.8) is 0 Å². The summed E-state index contributed by atoms with van der Waals surface area (Å²) >= 11 is 0. The summed E-state index contributed by atoms with van der Waals surface area (Å²) in [6.45, 7) is 6.10. The van der Waals surface area contributed by atoms with Crippen LogP contribution in [0.4, 0.5) is 5.69 Å². The quantitative estimate of drug-likeness (QED) is 0.836. The number of nitrogens with one attached hydrogen (secondary N) is 1. The van der Waals surface area contributed by atoms with Gasteiger partial charge in [-0.3, -0.25) is 14.4 Å². The van der Waals surface area contributed by atoms with Gasteiger partial charge in [0.1, 0.15) is 0 Å². The van der Waals surface area contributed by atoms with E-state index in [0.29, 0.717) is 24.3 Å². The highest BCUT2D eigenvalue weighted by Crippen LogP contribution is 2.16. The monoisotopic (exact) mass is 401 g/mol. The zero-order chi connectivity index (χ0) is 20.1. The standard InChI is InChI=1S/C21H27N3O3S/c1-17-7-9-18(10-8-17)16-23-11-4-12-24(14-13-23)21(25)19-5-3-6-20(15-19)22-28(2,26)27/h3,5-10,15,22H,4,11-14,16H2,1-2H3. The number of sulfonamides is 1. The van der Waals surface area contributed by atoms with E-state index >= 15 is 0 Å². The lowest BCUT2D eigenvalue weighted by molar-refractivity contribution is 0.0761. The molecule has 1 fully saturated rings. The fourth-order valence-corrected chi connectivity index (χ4v) is 3.95. The highest BCUT2D eigenvalue weighted by molar-refractivity contribution is 7.92. The van der Waals surface area contributed by atoms with Crippen LogP contribution in [0.15, 0.2) is 48.5 Å². The number of rotatable bonds is 5. The Morgan fingerprint density at radius 1 is 1.04 bits per heavy atom. The summed E-state index contributed by atoms with van der Waals surface area (Å²) in [6, 6.07) is 15.2. The Kier molecular flexibility index (Phi) is 6.36. The number of hydrogen-bond acceptors (Lipinski definition) is 4. The molecule has 0 atom stereocenters. The molecule has 1 aliphatic rings. The second-order valence-electron chi connectivity index (χ2n) is 7.36. The van der Waals surface area contributed by atoms with Gasteiger partial charge in [-0.15, -0.1) is 0 Å². The molecule has 1 amide bonds. The molecule has 1 aliphatic heterocycles. The highest BCUT2D eigenvalue weighted by atomic mass is 32.2. The van der Waals surface area contributed by atoms with Crippen LogP contribution in [0, 0.1) is 6.92 Å². The van der Waals surface area contributed by atoms with Gasteiger partial charge >= 0.3 is 0 Å². The number of carbonyl (C=O) groups excluding carboxylic acids is 1. The van der Waals surface area contributed by atoms with Crippen LogP contribution in [0.25, 0.3) is 0 Å². The molecule has 7 heteroatoms. The normalized spacial score (nSPS) is 15.9. The number of amides is 1. The molecule has 28 heavy (non-hydrogen) atoms. The summed E-state index contributed by atoms with van der Waals surface area (Å²) in [5.41, 5.74) is 3.44. The third-order valence-electron chi connectivity index (χ3n) is 4.82. The van der Waals surface area contributed by atoms with E-state index in [0.717, 1.165) is 32.3 Å². The minimum Gasteiger partial charge on any atom is -0.337 e. The van der Waals surface area contributed by atoms with Crippen molar-refractivity contribution in [1.29, 1.82) is 0 Å². The average molecular weight is 402 g/mol. The van der Waals surface area contributed by atoms with E-state index in [2.05, 4.69) is 40.8 Å². The van der Waals surface area contributed by atoms with Crippen molar-refractivity contribution >= 4 is 21.6 Å². The molecule has 1 saturated heterocycles. The Hall–Kier alpha value is -2.38. The van der Waals surface area contributed by atoms with Crippen LogP contribution < -0.4 is 4.72 Å². The molecule has 1 N–H and O–H groups in total. The Balaban J connectivity index is 1.62. The molecule has 0 spiro atoms. The predicted octanol–water partition coefficient (Wildman–Crippen LogP) is 2.71. The van der Waals surface area contributed by atoms with E-state index in [-0.39, 0.29) is 5.91 Å². The third-order valence-corrected chi connectivity index (χ3v) is 5.42. The number of benzene rings is 2. The first kappa shape index (κ1) is 20.4. The van der Waals surface area contributed by atoms with Gasteiger partial charge in [-0.1, -0.05) is 35.9 Å². The van der Waals surface area contributed by atoms with Crippen molar-refractivity contribution < 1.29 is 13.2 Å². The molecule has 6 nitrogen and oxygen atoms in total. The Morgan fingerprint density at radius 2 is 1.79 bits per heavy atom. The fraction of sp³-hybridized carbons (Fsp3) is 0.381. The van der Waals surface area contributed by atoms with Crippen LogP contribution in [-0.2, 0) is 16.6 Å². The number of aryl methyl sites for hydroxylation is 1. The Labute approximate surface area is 167 Å². The molecule has 0 bridgehead atoms. The van der Waals surface area contributed by atoms with Gasteiger partial charge < -0.3 is 4.90 Å².